The summed E-state index contributed by atoms with van der Waals surface area (Å²) in [6, 6.07) is 6.00. The van der Waals surface area contributed by atoms with Crippen molar-refractivity contribution in [3.8, 4) is 0 Å². The summed E-state index contributed by atoms with van der Waals surface area (Å²) in [6.07, 6.45) is -3.62. The molecule has 0 unspecified atom stereocenters. The first-order valence-corrected chi connectivity index (χ1v) is 7.46. The molecule has 2 N–H and O–H groups in total. The second kappa shape index (κ2) is 6.80. The maximum atomic E-state index is 12.9. The van der Waals surface area contributed by atoms with Gasteiger partial charge in [0.1, 0.15) is 11.6 Å². The summed E-state index contributed by atoms with van der Waals surface area (Å²) in [6.45, 7) is 2.87. The first kappa shape index (κ1) is 15.6. The molecule has 0 aliphatic carbocycles. The summed E-state index contributed by atoms with van der Waals surface area (Å²) in [4.78, 5) is 5.32. The molecule has 2 aromatic rings. The van der Waals surface area contributed by atoms with Crippen LogP contribution >= 0.6 is 11.3 Å². The van der Waals surface area contributed by atoms with Gasteiger partial charge in [-0.15, -0.1) is 11.3 Å². The van der Waals surface area contributed by atoms with E-state index < -0.39 is 11.7 Å². The molecule has 3 nitrogen and oxygen atoms in total. The Balaban J connectivity index is 2.08. The Labute approximate surface area is 125 Å². The fourth-order valence-corrected chi connectivity index (χ4v) is 2.53. The minimum absolute atomic E-state index is 0.228. The van der Waals surface area contributed by atoms with Crippen LogP contribution in [0.25, 0.3) is 0 Å². The molecule has 114 valence electrons. The standard InChI is InChI=1S/C14H16F3N3S/c1-2-18-12-8-10(14(15,16)17)9-13(20-12)19-6-5-11-4-3-7-21-11/h3-4,7-9H,2,5-6H2,1H3,(H2,18,19,20). The fourth-order valence-electron chi connectivity index (χ4n) is 1.83. The van der Waals surface area contributed by atoms with Crippen molar-refractivity contribution in [1.29, 1.82) is 0 Å². The third kappa shape index (κ3) is 4.63. The smallest absolute Gasteiger partial charge is 0.370 e. The van der Waals surface area contributed by atoms with Crippen LogP contribution in [0.4, 0.5) is 24.8 Å². The summed E-state index contributed by atoms with van der Waals surface area (Å²) in [7, 11) is 0. The first-order chi connectivity index (χ1) is 9.99. The highest BCUT2D eigenvalue weighted by Crippen LogP contribution is 2.32. The SMILES string of the molecule is CCNc1cc(C(F)(F)F)cc(NCCc2cccs2)n1. The summed E-state index contributed by atoms with van der Waals surface area (Å²) in [5.74, 6) is 0.461. The van der Waals surface area contributed by atoms with E-state index in [-0.39, 0.29) is 11.6 Å². The third-order valence-electron chi connectivity index (χ3n) is 2.77. The molecule has 0 aromatic carbocycles. The Hall–Kier alpha value is -1.76. The molecule has 0 amide bonds. The topological polar surface area (TPSA) is 37.0 Å². The zero-order valence-electron chi connectivity index (χ0n) is 11.5. The van der Waals surface area contributed by atoms with Gasteiger partial charge in [0.25, 0.3) is 0 Å². The molecule has 21 heavy (non-hydrogen) atoms. The number of thiophene rings is 1. The second-order valence-electron chi connectivity index (χ2n) is 4.41. The van der Waals surface area contributed by atoms with E-state index in [1.807, 2.05) is 24.4 Å². The van der Waals surface area contributed by atoms with E-state index in [0.717, 1.165) is 18.6 Å². The highest BCUT2D eigenvalue weighted by molar-refractivity contribution is 7.09. The highest BCUT2D eigenvalue weighted by atomic mass is 32.1. The summed E-state index contributed by atoms with van der Waals surface area (Å²) < 4.78 is 38.6. The van der Waals surface area contributed by atoms with Crippen LogP contribution in [0.2, 0.25) is 0 Å². The van der Waals surface area contributed by atoms with Crippen LogP contribution in [-0.4, -0.2) is 18.1 Å². The van der Waals surface area contributed by atoms with Gasteiger partial charge in [0.05, 0.1) is 5.56 Å². The van der Waals surface area contributed by atoms with Crippen molar-refractivity contribution in [2.24, 2.45) is 0 Å². The Bertz CT molecular complexity index is 567. The third-order valence-corrected chi connectivity index (χ3v) is 3.70. The van der Waals surface area contributed by atoms with Crippen molar-refractivity contribution in [3.05, 3.63) is 40.1 Å². The van der Waals surface area contributed by atoms with Crippen molar-refractivity contribution in [1.82, 2.24) is 4.98 Å². The number of halogens is 3. The molecule has 0 fully saturated rings. The lowest BCUT2D eigenvalue weighted by Gasteiger charge is -2.13. The van der Waals surface area contributed by atoms with E-state index in [1.165, 1.54) is 4.88 Å². The van der Waals surface area contributed by atoms with Gasteiger partial charge in [-0.2, -0.15) is 13.2 Å². The van der Waals surface area contributed by atoms with Gasteiger partial charge in [-0.05, 0) is 36.9 Å². The molecule has 2 heterocycles. The average Bonchev–Trinajstić information content (AvgIpc) is 2.91. The zero-order valence-corrected chi connectivity index (χ0v) is 12.3. The van der Waals surface area contributed by atoms with Crippen molar-refractivity contribution in [2.75, 3.05) is 23.7 Å². The van der Waals surface area contributed by atoms with E-state index >= 15 is 0 Å². The fraction of sp³-hybridized carbons (Fsp3) is 0.357. The maximum Gasteiger partial charge on any atom is 0.416 e. The molecular formula is C14H16F3N3S. The van der Waals surface area contributed by atoms with E-state index in [0.29, 0.717) is 13.1 Å². The predicted octanol–water partition coefficient (Wildman–Crippen LogP) is 4.25. The first-order valence-electron chi connectivity index (χ1n) is 6.58. The number of aromatic nitrogens is 1. The number of alkyl halides is 3. The lowest BCUT2D eigenvalue weighted by molar-refractivity contribution is -0.137. The lowest BCUT2D eigenvalue weighted by atomic mass is 10.2. The van der Waals surface area contributed by atoms with Crippen LogP contribution in [0, 0.1) is 0 Å². The Morgan fingerprint density at radius 3 is 2.48 bits per heavy atom. The van der Waals surface area contributed by atoms with Crippen LogP contribution in [-0.2, 0) is 12.6 Å². The van der Waals surface area contributed by atoms with E-state index in [4.69, 9.17) is 0 Å². The van der Waals surface area contributed by atoms with Gasteiger partial charge in [-0.1, -0.05) is 6.07 Å². The number of pyridine rings is 1. The number of nitrogens with one attached hydrogen (secondary N) is 2. The zero-order chi connectivity index (χ0) is 15.3. The van der Waals surface area contributed by atoms with Crippen molar-refractivity contribution in [2.45, 2.75) is 19.5 Å². The second-order valence-corrected chi connectivity index (χ2v) is 5.44. The normalized spacial score (nSPS) is 11.4. The number of rotatable bonds is 6. The molecule has 0 aliphatic heterocycles. The van der Waals surface area contributed by atoms with Gasteiger partial charge in [0.2, 0.25) is 0 Å². The predicted molar refractivity (Wildman–Crippen MR) is 79.9 cm³/mol. The van der Waals surface area contributed by atoms with Crippen LogP contribution in [0.5, 0.6) is 0 Å². The molecule has 2 aromatic heterocycles. The molecule has 0 saturated heterocycles. The largest absolute Gasteiger partial charge is 0.416 e. The van der Waals surface area contributed by atoms with Crippen molar-refractivity contribution >= 4 is 23.0 Å². The summed E-state index contributed by atoms with van der Waals surface area (Å²) in [5.41, 5.74) is -0.702. The molecule has 0 aliphatic rings. The van der Waals surface area contributed by atoms with Gasteiger partial charge in [-0.25, -0.2) is 4.98 Å². The number of hydrogen-bond acceptors (Lipinski definition) is 4. The Kier molecular flexibility index (Phi) is 5.06. The minimum atomic E-state index is -4.38. The van der Waals surface area contributed by atoms with Gasteiger partial charge >= 0.3 is 6.18 Å². The molecule has 0 saturated carbocycles. The van der Waals surface area contributed by atoms with Crippen LogP contribution in [0.15, 0.2) is 29.6 Å². The maximum absolute atomic E-state index is 12.9. The number of nitrogens with zero attached hydrogens (tertiary/aromatic N) is 1. The van der Waals surface area contributed by atoms with Crippen molar-refractivity contribution < 1.29 is 13.2 Å². The van der Waals surface area contributed by atoms with Crippen molar-refractivity contribution in [3.63, 3.8) is 0 Å². The van der Waals surface area contributed by atoms with E-state index in [9.17, 15) is 13.2 Å². The monoisotopic (exact) mass is 315 g/mol. The molecule has 0 spiro atoms. The molecule has 7 heteroatoms. The van der Waals surface area contributed by atoms with E-state index in [1.54, 1.807) is 11.3 Å². The van der Waals surface area contributed by atoms with Gasteiger partial charge in [-0.3, -0.25) is 0 Å². The van der Waals surface area contributed by atoms with E-state index in [2.05, 4.69) is 15.6 Å². The van der Waals surface area contributed by atoms with Crippen LogP contribution in [0.1, 0.15) is 17.4 Å². The number of anilines is 2. The quantitative estimate of drug-likeness (QED) is 0.837. The molecule has 0 radical (unpaired) electrons. The average molecular weight is 315 g/mol. The molecule has 0 bridgehead atoms. The lowest BCUT2D eigenvalue weighted by Crippen LogP contribution is -2.12. The van der Waals surface area contributed by atoms with Gasteiger partial charge < -0.3 is 10.6 Å². The summed E-state index contributed by atoms with van der Waals surface area (Å²) >= 11 is 1.62. The van der Waals surface area contributed by atoms with Gasteiger partial charge in [0.15, 0.2) is 0 Å². The molecule has 2 rings (SSSR count). The van der Waals surface area contributed by atoms with Crippen LogP contribution < -0.4 is 10.6 Å². The Morgan fingerprint density at radius 1 is 1.19 bits per heavy atom. The van der Waals surface area contributed by atoms with Gasteiger partial charge in [0, 0.05) is 18.0 Å². The van der Waals surface area contributed by atoms with Crippen LogP contribution in [0.3, 0.4) is 0 Å². The molecular weight excluding hydrogens is 299 g/mol. The Morgan fingerprint density at radius 2 is 1.90 bits per heavy atom. The number of hydrogen-bond donors (Lipinski definition) is 2. The minimum Gasteiger partial charge on any atom is -0.370 e. The summed E-state index contributed by atoms with van der Waals surface area (Å²) in [5, 5.41) is 7.74. The highest BCUT2D eigenvalue weighted by Gasteiger charge is 2.31. The molecule has 0 atom stereocenters.